The fraction of sp³-hybridized carbons (Fsp3) is 1.00. The maximum absolute atomic E-state index is 6.06. The summed E-state index contributed by atoms with van der Waals surface area (Å²) < 4.78 is 18.2. The molecule has 3 saturated carbocycles. The Hall–Kier alpha value is -0.120. The van der Waals surface area contributed by atoms with Gasteiger partial charge in [0.15, 0.2) is 0 Å². The molecule has 92 valence electrons. The average Bonchev–Trinajstić information content (AvgIpc) is 3.18. The lowest BCUT2D eigenvalue weighted by Gasteiger charge is -2.43. The first-order chi connectivity index (χ1) is 8.24. The van der Waals surface area contributed by atoms with Gasteiger partial charge in [-0.1, -0.05) is 0 Å². The first-order valence-corrected chi connectivity index (χ1v) is 7.16. The highest BCUT2D eigenvalue weighted by atomic mass is 16.6. The van der Waals surface area contributed by atoms with Gasteiger partial charge in [-0.25, -0.2) is 0 Å². The minimum atomic E-state index is 0.160. The Bertz CT molecular complexity index is 380. The number of epoxide rings is 3. The molecule has 0 bridgehead atoms. The molecule has 6 aliphatic rings. The molecule has 0 N–H and O–H groups in total. The van der Waals surface area contributed by atoms with Crippen LogP contribution in [0.1, 0.15) is 38.5 Å². The Labute approximate surface area is 101 Å². The second-order valence-corrected chi connectivity index (χ2v) is 7.38. The standard InChI is InChI=1S/C14H18O3/c1-4-11(7-15-11)14-10(1,2-5-12(14)8-16-12)3-6-13(14)9-17-13/h1-9H2/t10?,11-,12-,13+,14?/m1/s1. The van der Waals surface area contributed by atoms with E-state index in [2.05, 4.69) is 0 Å². The molecule has 3 heterocycles. The minimum absolute atomic E-state index is 0.160. The molecule has 0 radical (unpaired) electrons. The number of hydrogen-bond acceptors (Lipinski definition) is 3. The van der Waals surface area contributed by atoms with Gasteiger partial charge in [0.05, 0.1) is 25.2 Å². The molecular weight excluding hydrogens is 216 g/mol. The molecule has 3 heteroatoms. The van der Waals surface area contributed by atoms with E-state index in [9.17, 15) is 0 Å². The molecule has 0 aromatic heterocycles. The monoisotopic (exact) mass is 234 g/mol. The van der Waals surface area contributed by atoms with Gasteiger partial charge in [-0.2, -0.15) is 0 Å². The van der Waals surface area contributed by atoms with Crippen molar-refractivity contribution in [2.45, 2.75) is 55.3 Å². The molecule has 0 aromatic rings. The van der Waals surface area contributed by atoms with E-state index in [1.54, 1.807) is 0 Å². The zero-order valence-corrected chi connectivity index (χ0v) is 10.1. The van der Waals surface area contributed by atoms with Gasteiger partial charge in [-0.3, -0.25) is 0 Å². The van der Waals surface area contributed by atoms with Crippen LogP contribution in [0.15, 0.2) is 0 Å². The molecule has 3 aliphatic heterocycles. The normalized spacial score (nSPS) is 73.4. The molecule has 0 unspecified atom stereocenters. The van der Waals surface area contributed by atoms with E-state index >= 15 is 0 Å². The van der Waals surface area contributed by atoms with Crippen molar-refractivity contribution >= 4 is 0 Å². The van der Waals surface area contributed by atoms with Gasteiger partial charge in [0.25, 0.3) is 0 Å². The highest BCUT2D eigenvalue weighted by molar-refractivity contribution is 5.43. The number of rotatable bonds is 0. The van der Waals surface area contributed by atoms with Gasteiger partial charge in [0.1, 0.15) is 16.8 Å². The average molecular weight is 234 g/mol. The van der Waals surface area contributed by atoms with Crippen LogP contribution in [0.25, 0.3) is 0 Å². The SMILES string of the molecule is C1C[C@@]2(CO2)C23C1(CC[C@@]21CO1)CC[C@]31CO1. The van der Waals surface area contributed by atoms with E-state index in [1.807, 2.05) is 0 Å². The van der Waals surface area contributed by atoms with Crippen LogP contribution in [0.4, 0.5) is 0 Å². The zero-order valence-electron chi connectivity index (χ0n) is 10.1. The molecule has 3 spiro atoms. The number of ether oxygens (including phenoxy) is 3. The van der Waals surface area contributed by atoms with Crippen LogP contribution in [0.2, 0.25) is 0 Å². The molecule has 0 amide bonds. The van der Waals surface area contributed by atoms with Crippen LogP contribution in [0.5, 0.6) is 0 Å². The summed E-state index contributed by atoms with van der Waals surface area (Å²) in [4.78, 5) is 0. The summed E-state index contributed by atoms with van der Waals surface area (Å²) in [5, 5.41) is 0. The summed E-state index contributed by atoms with van der Waals surface area (Å²) in [6, 6.07) is 0. The van der Waals surface area contributed by atoms with Crippen molar-refractivity contribution in [1.82, 2.24) is 0 Å². The Morgan fingerprint density at radius 1 is 0.529 bits per heavy atom. The van der Waals surface area contributed by atoms with E-state index in [4.69, 9.17) is 14.2 Å². The fourth-order valence-electron chi connectivity index (χ4n) is 6.86. The third-order valence-corrected chi connectivity index (χ3v) is 7.35. The fourth-order valence-corrected chi connectivity index (χ4v) is 6.86. The van der Waals surface area contributed by atoms with E-state index < -0.39 is 0 Å². The van der Waals surface area contributed by atoms with Crippen LogP contribution in [-0.4, -0.2) is 36.6 Å². The van der Waals surface area contributed by atoms with Crippen LogP contribution < -0.4 is 0 Å². The van der Waals surface area contributed by atoms with Crippen molar-refractivity contribution in [3.63, 3.8) is 0 Å². The van der Waals surface area contributed by atoms with Crippen LogP contribution in [-0.2, 0) is 14.2 Å². The topological polar surface area (TPSA) is 37.6 Å². The summed E-state index contributed by atoms with van der Waals surface area (Å²) >= 11 is 0. The van der Waals surface area contributed by atoms with Gasteiger partial charge < -0.3 is 14.2 Å². The summed E-state index contributed by atoms with van der Waals surface area (Å²) in [6.45, 7) is 2.93. The second-order valence-electron chi connectivity index (χ2n) is 7.38. The van der Waals surface area contributed by atoms with E-state index in [1.165, 1.54) is 38.5 Å². The van der Waals surface area contributed by atoms with Crippen LogP contribution in [0, 0.1) is 10.8 Å². The largest absolute Gasteiger partial charge is 0.369 e. The first-order valence-electron chi connectivity index (χ1n) is 7.16. The molecule has 17 heavy (non-hydrogen) atoms. The molecular formula is C14H18O3. The number of hydrogen-bond donors (Lipinski definition) is 0. The van der Waals surface area contributed by atoms with E-state index in [-0.39, 0.29) is 22.2 Å². The summed E-state index contributed by atoms with van der Waals surface area (Å²) in [5.41, 5.74) is 1.24. The Balaban J connectivity index is 1.72. The van der Waals surface area contributed by atoms with E-state index in [0.717, 1.165) is 19.8 Å². The third-order valence-electron chi connectivity index (χ3n) is 7.35. The van der Waals surface area contributed by atoms with Gasteiger partial charge >= 0.3 is 0 Å². The van der Waals surface area contributed by atoms with E-state index in [0.29, 0.717) is 5.41 Å². The second kappa shape index (κ2) is 2.00. The predicted molar refractivity (Wildman–Crippen MR) is 58.6 cm³/mol. The Morgan fingerprint density at radius 3 is 1.18 bits per heavy atom. The van der Waals surface area contributed by atoms with Crippen molar-refractivity contribution in [2.24, 2.45) is 10.8 Å². The first kappa shape index (κ1) is 8.89. The molecule has 6 rings (SSSR count). The lowest BCUT2D eigenvalue weighted by molar-refractivity contribution is -0.0453. The third kappa shape index (κ3) is 0.592. The van der Waals surface area contributed by atoms with Crippen molar-refractivity contribution in [2.75, 3.05) is 19.8 Å². The Kier molecular flexibility index (Phi) is 1.05. The van der Waals surface area contributed by atoms with Crippen molar-refractivity contribution in [1.29, 1.82) is 0 Å². The summed E-state index contributed by atoms with van der Waals surface area (Å²) in [7, 11) is 0. The van der Waals surface area contributed by atoms with Crippen LogP contribution >= 0.6 is 0 Å². The Morgan fingerprint density at radius 2 is 0.882 bits per heavy atom. The van der Waals surface area contributed by atoms with Crippen molar-refractivity contribution in [3.8, 4) is 0 Å². The predicted octanol–water partition coefficient (Wildman–Crippen LogP) is 1.65. The smallest absolute Gasteiger partial charge is 0.103 e. The maximum Gasteiger partial charge on any atom is 0.103 e. The lowest BCUT2D eigenvalue weighted by atomic mass is 9.58. The van der Waals surface area contributed by atoms with Gasteiger partial charge in [-0.15, -0.1) is 0 Å². The van der Waals surface area contributed by atoms with Crippen molar-refractivity contribution < 1.29 is 14.2 Å². The molecule has 3 saturated heterocycles. The molecule has 3 nitrogen and oxygen atoms in total. The van der Waals surface area contributed by atoms with Gasteiger partial charge in [0, 0.05) is 0 Å². The summed E-state index contributed by atoms with van der Waals surface area (Å²) in [6.07, 6.45) is 7.89. The zero-order chi connectivity index (χ0) is 11.0. The van der Waals surface area contributed by atoms with Crippen LogP contribution in [0.3, 0.4) is 0 Å². The minimum Gasteiger partial charge on any atom is -0.369 e. The molecule has 0 aromatic carbocycles. The van der Waals surface area contributed by atoms with Gasteiger partial charge in [-0.05, 0) is 43.9 Å². The highest BCUT2D eigenvalue weighted by Crippen LogP contribution is 2.88. The van der Waals surface area contributed by atoms with Crippen molar-refractivity contribution in [3.05, 3.63) is 0 Å². The molecule has 6 fully saturated rings. The molecule has 3 atom stereocenters. The summed E-state index contributed by atoms with van der Waals surface area (Å²) in [5.74, 6) is 0. The lowest BCUT2D eigenvalue weighted by Crippen LogP contribution is -2.56. The highest BCUT2D eigenvalue weighted by Gasteiger charge is 2.96. The molecule has 3 aliphatic carbocycles. The van der Waals surface area contributed by atoms with Gasteiger partial charge in [0.2, 0.25) is 0 Å². The maximum atomic E-state index is 6.06. The quantitative estimate of drug-likeness (QED) is 0.598.